The van der Waals surface area contributed by atoms with Crippen molar-refractivity contribution in [3.05, 3.63) is 53.1 Å². The Morgan fingerprint density at radius 3 is 2.31 bits per heavy atom. The van der Waals surface area contributed by atoms with Gasteiger partial charge in [0, 0.05) is 11.3 Å². The largest absolute Gasteiger partial charge is 0.494 e. The minimum atomic E-state index is -4.08. The van der Waals surface area contributed by atoms with E-state index in [-0.39, 0.29) is 22.1 Å². The second-order valence-electron chi connectivity index (χ2n) is 5.51. The van der Waals surface area contributed by atoms with Gasteiger partial charge in [-0.3, -0.25) is 14.9 Å². The molecule has 2 aromatic carbocycles. The summed E-state index contributed by atoms with van der Waals surface area (Å²) in [4.78, 5) is 23.1. The van der Waals surface area contributed by atoms with Crippen LogP contribution in [-0.4, -0.2) is 33.6 Å². The molecule has 0 radical (unpaired) electrons. The number of carbonyl (C=O) groups is 2. The normalized spacial score (nSPS) is 10.7. The number of rotatable bonds is 7. The molecule has 3 N–H and O–H groups in total. The lowest BCUT2D eigenvalue weighted by Gasteiger charge is -2.12. The summed E-state index contributed by atoms with van der Waals surface area (Å²) in [7, 11) is -4.08. The first-order chi connectivity index (χ1) is 13.8. The Morgan fingerprint density at radius 1 is 1.00 bits per heavy atom. The molecule has 0 unspecified atom stereocenters. The standard InChI is InChI=1S/C18H20ClN3O6S/c1-3-27-14-8-6-13(7-9-14)22-29(25,26)16-11-12(5-10-15(16)19)17(23)20-21-18(24)28-4-2/h5-11,22H,3-4H2,1-2H3,(H,20,23)(H,21,24). The summed E-state index contributed by atoms with van der Waals surface area (Å²) in [5.74, 6) is -0.145. The first kappa shape index (κ1) is 22.3. The van der Waals surface area contributed by atoms with E-state index in [9.17, 15) is 18.0 Å². The molecule has 9 nitrogen and oxygen atoms in total. The van der Waals surface area contributed by atoms with Gasteiger partial charge >= 0.3 is 6.09 Å². The van der Waals surface area contributed by atoms with E-state index < -0.39 is 22.0 Å². The molecular formula is C18H20ClN3O6S. The van der Waals surface area contributed by atoms with Crippen LogP contribution in [0.5, 0.6) is 5.75 Å². The summed E-state index contributed by atoms with van der Waals surface area (Å²) in [5, 5.41) is -0.0710. The number of amides is 2. The number of hydrogen-bond donors (Lipinski definition) is 3. The van der Waals surface area contributed by atoms with Crippen molar-refractivity contribution in [2.75, 3.05) is 17.9 Å². The Hall–Kier alpha value is -2.98. The molecule has 0 aliphatic carbocycles. The average molecular weight is 442 g/mol. The topological polar surface area (TPSA) is 123 Å². The van der Waals surface area contributed by atoms with Crippen LogP contribution in [0.25, 0.3) is 0 Å². The number of carbonyl (C=O) groups excluding carboxylic acids is 2. The van der Waals surface area contributed by atoms with E-state index in [0.717, 1.165) is 6.07 Å². The zero-order valence-corrected chi connectivity index (χ0v) is 17.3. The molecule has 2 amide bonds. The maximum absolute atomic E-state index is 12.7. The smallest absolute Gasteiger partial charge is 0.426 e. The molecule has 11 heteroatoms. The summed E-state index contributed by atoms with van der Waals surface area (Å²) in [6.45, 7) is 4.06. The van der Waals surface area contributed by atoms with Gasteiger partial charge in [-0.2, -0.15) is 0 Å². The van der Waals surface area contributed by atoms with E-state index in [1.54, 1.807) is 19.1 Å². The van der Waals surface area contributed by atoms with Crippen LogP contribution < -0.4 is 20.3 Å². The van der Waals surface area contributed by atoms with Gasteiger partial charge < -0.3 is 9.47 Å². The van der Waals surface area contributed by atoms with Crippen molar-refractivity contribution in [1.82, 2.24) is 10.9 Å². The van der Waals surface area contributed by atoms with Crippen LogP contribution in [0.2, 0.25) is 5.02 Å². The average Bonchev–Trinajstić information content (AvgIpc) is 2.68. The van der Waals surface area contributed by atoms with Gasteiger partial charge in [0.25, 0.3) is 15.9 Å². The van der Waals surface area contributed by atoms with E-state index in [1.165, 1.54) is 24.3 Å². The summed E-state index contributed by atoms with van der Waals surface area (Å²) >= 11 is 6.03. The van der Waals surface area contributed by atoms with Gasteiger partial charge in [0.2, 0.25) is 0 Å². The second kappa shape index (κ2) is 9.99. The highest BCUT2D eigenvalue weighted by Crippen LogP contribution is 2.26. The quantitative estimate of drug-likeness (QED) is 0.568. The third-order valence-electron chi connectivity index (χ3n) is 3.45. The van der Waals surface area contributed by atoms with Crippen molar-refractivity contribution in [1.29, 1.82) is 0 Å². The van der Waals surface area contributed by atoms with Gasteiger partial charge in [0.15, 0.2) is 0 Å². The van der Waals surface area contributed by atoms with Crippen LogP contribution in [0.4, 0.5) is 10.5 Å². The Morgan fingerprint density at radius 2 is 1.69 bits per heavy atom. The number of nitrogens with one attached hydrogen (secondary N) is 3. The van der Waals surface area contributed by atoms with E-state index in [4.69, 9.17) is 16.3 Å². The first-order valence-electron chi connectivity index (χ1n) is 8.55. The van der Waals surface area contributed by atoms with Gasteiger partial charge in [-0.25, -0.2) is 18.6 Å². The predicted molar refractivity (Wildman–Crippen MR) is 107 cm³/mol. The van der Waals surface area contributed by atoms with Crippen LogP contribution in [0.15, 0.2) is 47.4 Å². The molecule has 0 spiro atoms. The maximum atomic E-state index is 12.7. The number of benzene rings is 2. The zero-order valence-electron chi connectivity index (χ0n) is 15.7. The van der Waals surface area contributed by atoms with Crippen molar-refractivity contribution in [3.8, 4) is 5.75 Å². The monoisotopic (exact) mass is 441 g/mol. The van der Waals surface area contributed by atoms with Crippen molar-refractivity contribution >= 4 is 39.3 Å². The van der Waals surface area contributed by atoms with Crippen molar-refractivity contribution in [2.45, 2.75) is 18.7 Å². The fraction of sp³-hybridized carbons (Fsp3) is 0.222. The van der Waals surface area contributed by atoms with Crippen molar-refractivity contribution < 1.29 is 27.5 Å². The molecule has 0 saturated carbocycles. The second-order valence-corrected chi connectivity index (χ2v) is 7.57. The highest BCUT2D eigenvalue weighted by Gasteiger charge is 2.21. The summed E-state index contributed by atoms with van der Waals surface area (Å²) in [6.07, 6.45) is -0.847. The fourth-order valence-electron chi connectivity index (χ4n) is 2.19. The Labute approximate surface area is 173 Å². The molecule has 0 saturated heterocycles. The predicted octanol–water partition coefficient (Wildman–Crippen LogP) is 2.93. The number of hydrazine groups is 1. The lowest BCUT2D eigenvalue weighted by molar-refractivity contribution is 0.0912. The molecule has 0 aliphatic heterocycles. The molecule has 0 atom stereocenters. The number of ether oxygens (including phenoxy) is 2. The third-order valence-corrected chi connectivity index (χ3v) is 5.32. The number of anilines is 1. The Bertz CT molecular complexity index is 980. The van der Waals surface area contributed by atoms with Gasteiger partial charge in [-0.1, -0.05) is 11.6 Å². The molecule has 0 bridgehead atoms. The SMILES string of the molecule is CCOC(=O)NNC(=O)c1ccc(Cl)c(S(=O)(=O)Nc2ccc(OCC)cc2)c1. The molecule has 2 rings (SSSR count). The molecule has 0 aromatic heterocycles. The van der Waals surface area contributed by atoms with E-state index >= 15 is 0 Å². The lowest BCUT2D eigenvalue weighted by atomic mass is 10.2. The van der Waals surface area contributed by atoms with Gasteiger partial charge in [-0.15, -0.1) is 0 Å². The van der Waals surface area contributed by atoms with Crippen LogP contribution in [0, 0.1) is 0 Å². The van der Waals surface area contributed by atoms with Gasteiger partial charge in [-0.05, 0) is 56.3 Å². The van der Waals surface area contributed by atoms with Crippen molar-refractivity contribution in [3.63, 3.8) is 0 Å². The minimum absolute atomic E-state index is 0.0294. The highest BCUT2D eigenvalue weighted by atomic mass is 35.5. The van der Waals surface area contributed by atoms with Crippen LogP contribution >= 0.6 is 11.6 Å². The number of hydrogen-bond acceptors (Lipinski definition) is 6. The molecule has 0 aliphatic rings. The fourth-order valence-corrected chi connectivity index (χ4v) is 3.78. The van der Waals surface area contributed by atoms with Gasteiger partial charge in [0.1, 0.15) is 10.6 Å². The maximum Gasteiger partial charge on any atom is 0.426 e. The molecule has 2 aromatic rings. The van der Waals surface area contributed by atoms with E-state index in [1.807, 2.05) is 12.3 Å². The Balaban J connectivity index is 2.18. The van der Waals surface area contributed by atoms with Crippen LogP contribution in [0.3, 0.4) is 0 Å². The molecule has 0 heterocycles. The zero-order chi connectivity index (χ0) is 21.4. The summed E-state index contributed by atoms with van der Waals surface area (Å²) in [6, 6.07) is 10.0. The first-order valence-corrected chi connectivity index (χ1v) is 10.4. The van der Waals surface area contributed by atoms with Crippen LogP contribution in [-0.2, 0) is 14.8 Å². The molecular weight excluding hydrogens is 422 g/mol. The van der Waals surface area contributed by atoms with Crippen LogP contribution in [0.1, 0.15) is 24.2 Å². The molecule has 29 heavy (non-hydrogen) atoms. The van der Waals surface area contributed by atoms with E-state index in [0.29, 0.717) is 18.0 Å². The molecule has 0 fully saturated rings. The Kier molecular flexibility index (Phi) is 7.68. The van der Waals surface area contributed by atoms with E-state index in [2.05, 4.69) is 14.9 Å². The molecule has 156 valence electrons. The number of sulfonamides is 1. The number of halogens is 1. The van der Waals surface area contributed by atoms with Crippen molar-refractivity contribution in [2.24, 2.45) is 0 Å². The summed E-state index contributed by atoms with van der Waals surface area (Å²) in [5.41, 5.74) is 4.42. The summed E-state index contributed by atoms with van der Waals surface area (Å²) < 4.78 is 37.7. The van der Waals surface area contributed by atoms with Gasteiger partial charge in [0.05, 0.1) is 18.2 Å². The minimum Gasteiger partial charge on any atom is -0.494 e. The lowest BCUT2D eigenvalue weighted by Crippen LogP contribution is -2.42. The third kappa shape index (κ3) is 6.26. The highest BCUT2D eigenvalue weighted by molar-refractivity contribution is 7.92.